The minimum atomic E-state index is 0.234. The molecule has 1 aliphatic heterocycles. The van der Waals surface area contributed by atoms with Crippen LogP contribution in [0.4, 0.5) is 0 Å². The highest BCUT2D eigenvalue weighted by Gasteiger charge is 2.25. The molecule has 0 amide bonds. The van der Waals surface area contributed by atoms with Gasteiger partial charge in [-0.05, 0) is 30.5 Å². The molecule has 0 saturated heterocycles. The summed E-state index contributed by atoms with van der Waals surface area (Å²) in [6.07, 6.45) is 4.85. The fourth-order valence-corrected chi connectivity index (χ4v) is 4.08. The van der Waals surface area contributed by atoms with Gasteiger partial charge in [-0.3, -0.25) is 0 Å². The molecule has 2 heterocycles. The fourth-order valence-electron chi connectivity index (χ4n) is 2.86. The number of aliphatic hydroxyl groups is 1. The van der Waals surface area contributed by atoms with E-state index in [1.807, 2.05) is 30.1 Å². The van der Waals surface area contributed by atoms with Gasteiger partial charge in [0.1, 0.15) is 11.6 Å². The van der Waals surface area contributed by atoms with Gasteiger partial charge in [0.05, 0.1) is 12.8 Å². The Morgan fingerprint density at radius 3 is 2.91 bits per heavy atom. The Kier molecular flexibility index (Phi) is 5.05. The number of aryl methyl sites for hydroxylation is 1. The lowest BCUT2D eigenvalue weighted by atomic mass is 10.2. The van der Waals surface area contributed by atoms with E-state index in [4.69, 9.17) is 9.84 Å². The van der Waals surface area contributed by atoms with Crippen LogP contribution in [0, 0.1) is 0 Å². The highest BCUT2D eigenvalue weighted by molar-refractivity contribution is 7.98. The number of rotatable bonds is 7. The number of aromatic nitrogens is 2. The number of nitrogens with zero attached hydrogens (tertiary/aromatic N) is 2. The van der Waals surface area contributed by atoms with Gasteiger partial charge in [0.25, 0.3) is 0 Å². The third kappa shape index (κ3) is 3.31. The summed E-state index contributed by atoms with van der Waals surface area (Å²) < 4.78 is 7.53. The third-order valence-corrected chi connectivity index (χ3v) is 5.46. The van der Waals surface area contributed by atoms with Gasteiger partial charge >= 0.3 is 0 Å². The molecule has 1 aliphatic rings. The third-order valence-electron chi connectivity index (χ3n) is 4.08. The average molecular weight is 318 g/mol. The standard InChI is InChI=1S/C17H22N2O2S/c1-21-14-6-4-13(5-7-14)12-22-16-8-9-19-15(16)11-18-17(19)3-2-10-20/h4-7,11,16,20H,2-3,8-10,12H2,1H3. The van der Waals surface area contributed by atoms with Gasteiger partial charge in [0.2, 0.25) is 0 Å². The summed E-state index contributed by atoms with van der Waals surface area (Å²) in [6.45, 7) is 1.29. The predicted molar refractivity (Wildman–Crippen MR) is 89.3 cm³/mol. The van der Waals surface area contributed by atoms with Crippen molar-refractivity contribution in [3.8, 4) is 5.75 Å². The second-order valence-corrected chi connectivity index (χ2v) is 6.71. The molecule has 0 spiro atoms. The largest absolute Gasteiger partial charge is 0.497 e. The Morgan fingerprint density at radius 2 is 2.18 bits per heavy atom. The molecule has 118 valence electrons. The van der Waals surface area contributed by atoms with Crippen LogP contribution in [0.2, 0.25) is 0 Å². The summed E-state index contributed by atoms with van der Waals surface area (Å²) >= 11 is 1.98. The Balaban J connectivity index is 1.60. The smallest absolute Gasteiger partial charge is 0.118 e. The highest BCUT2D eigenvalue weighted by Crippen LogP contribution is 2.40. The van der Waals surface area contributed by atoms with Crippen LogP contribution in [0.25, 0.3) is 0 Å². The number of aliphatic hydroxyl groups excluding tert-OH is 1. The van der Waals surface area contributed by atoms with Gasteiger partial charge in [-0.25, -0.2) is 4.98 Å². The normalized spacial score (nSPS) is 16.7. The van der Waals surface area contributed by atoms with Crippen LogP contribution in [0.5, 0.6) is 5.75 Å². The van der Waals surface area contributed by atoms with Crippen molar-refractivity contribution < 1.29 is 9.84 Å². The van der Waals surface area contributed by atoms with Crippen molar-refractivity contribution in [3.05, 3.63) is 47.5 Å². The van der Waals surface area contributed by atoms with Crippen molar-refractivity contribution in [2.24, 2.45) is 0 Å². The van der Waals surface area contributed by atoms with Crippen molar-refractivity contribution in [1.29, 1.82) is 0 Å². The monoisotopic (exact) mass is 318 g/mol. The summed E-state index contributed by atoms with van der Waals surface area (Å²) in [5.41, 5.74) is 2.66. The molecule has 1 aromatic carbocycles. The molecule has 4 nitrogen and oxygen atoms in total. The minimum Gasteiger partial charge on any atom is -0.497 e. The van der Waals surface area contributed by atoms with Gasteiger partial charge in [-0.1, -0.05) is 12.1 Å². The Morgan fingerprint density at radius 1 is 1.36 bits per heavy atom. The summed E-state index contributed by atoms with van der Waals surface area (Å²) in [5.74, 6) is 3.03. The predicted octanol–water partition coefficient (Wildman–Crippen LogP) is 3.19. The molecule has 2 aromatic rings. The summed E-state index contributed by atoms with van der Waals surface area (Å²) in [6, 6.07) is 8.29. The van der Waals surface area contributed by atoms with E-state index in [0.717, 1.165) is 36.7 Å². The first kappa shape index (κ1) is 15.4. The molecule has 0 aliphatic carbocycles. The molecule has 1 atom stereocenters. The number of imidazole rings is 1. The molecule has 0 fully saturated rings. The molecule has 0 saturated carbocycles. The lowest BCUT2D eigenvalue weighted by molar-refractivity contribution is 0.287. The number of thioether (sulfide) groups is 1. The molecule has 0 radical (unpaired) electrons. The van der Waals surface area contributed by atoms with Gasteiger partial charge in [0, 0.05) is 36.8 Å². The lowest BCUT2D eigenvalue weighted by Gasteiger charge is -2.09. The molecule has 22 heavy (non-hydrogen) atoms. The fraction of sp³-hybridized carbons (Fsp3) is 0.471. The molecule has 5 heteroatoms. The first-order valence-corrected chi connectivity index (χ1v) is 8.76. The number of fused-ring (bicyclic) bond motifs is 1. The first-order chi connectivity index (χ1) is 10.8. The van der Waals surface area contributed by atoms with E-state index in [2.05, 4.69) is 21.7 Å². The van der Waals surface area contributed by atoms with Crippen LogP contribution in [-0.4, -0.2) is 28.4 Å². The van der Waals surface area contributed by atoms with E-state index in [1.165, 1.54) is 17.7 Å². The average Bonchev–Trinajstić information content (AvgIpc) is 3.14. The van der Waals surface area contributed by atoms with Gasteiger partial charge in [-0.2, -0.15) is 0 Å². The summed E-state index contributed by atoms with van der Waals surface area (Å²) in [4.78, 5) is 4.53. The number of hydrogen-bond donors (Lipinski definition) is 1. The minimum absolute atomic E-state index is 0.234. The second kappa shape index (κ2) is 7.20. The van der Waals surface area contributed by atoms with E-state index in [-0.39, 0.29) is 6.61 Å². The zero-order chi connectivity index (χ0) is 15.4. The van der Waals surface area contributed by atoms with E-state index in [1.54, 1.807) is 7.11 Å². The van der Waals surface area contributed by atoms with Crippen LogP contribution in [0.3, 0.4) is 0 Å². The maximum absolute atomic E-state index is 8.96. The second-order valence-electron chi connectivity index (χ2n) is 5.51. The lowest BCUT2D eigenvalue weighted by Crippen LogP contribution is -2.02. The van der Waals surface area contributed by atoms with E-state index in [0.29, 0.717) is 5.25 Å². The van der Waals surface area contributed by atoms with Crippen molar-refractivity contribution in [2.45, 2.75) is 36.8 Å². The number of ether oxygens (including phenoxy) is 1. The zero-order valence-electron chi connectivity index (χ0n) is 12.9. The van der Waals surface area contributed by atoms with Crippen molar-refractivity contribution in [1.82, 2.24) is 9.55 Å². The number of hydrogen-bond acceptors (Lipinski definition) is 4. The summed E-state index contributed by atoms with van der Waals surface area (Å²) in [7, 11) is 1.69. The van der Waals surface area contributed by atoms with E-state index < -0.39 is 0 Å². The maximum Gasteiger partial charge on any atom is 0.118 e. The number of methoxy groups -OCH3 is 1. The van der Waals surface area contributed by atoms with Crippen molar-refractivity contribution in [3.63, 3.8) is 0 Å². The molecular weight excluding hydrogens is 296 g/mol. The molecule has 1 N–H and O–H groups in total. The molecule has 1 aromatic heterocycles. The first-order valence-electron chi connectivity index (χ1n) is 7.71. The van der Waals surface area contributed by atoms with Gasteiger partial charge < -0.3 is 14.4 Å². The SMILES string of the molecule is COc1ccc(CSC2CCn3c2cnc3CCCO)cc1. The van der Waals surface area contributed by atoms with Crippen LogP contribution in [0.15, 0.2) is 30.5 Å². The molecule has 3 rings (SSSR count). The molecule has 0 bridgehead atoms. The Bertz CT molecular complexity index is 610. The van der Waals surface area contributed by atoms with Gasteiger partial charge in [0.15, 0.2) is 0 Å². The highest BCUT2D eigenvalue weighted by atomic mass is 32.2. The van der Waals surface area contributed by atoms with Crippen LogP contribution in [-0.2, 0) is 18.7 Å². The quantitative estimate of drug-likeness (QED) is 0.851. The maximum atomic E-state index is 8.96. The van der Waals surface area contributed by atoms with Crippen molar-refractivity contribution >= 4 is 11.8 Å². The number of benzene rings is 1. The van der Waals surface area contributed by atoms with E-state index >= 15 is 0 Å². The van der Waals surface area contributed by atoms with Crippen LogP contribution < -0.4 is 4.74 Å². The topological polar surface area (TPSA) is 47.3 Å². The van der Waals surface area contributed by atoms with Crippen molar-refractivity contribution in [2.75, 3.05) is 13.7 Å². The van der Waals surface area contributed by atoms with Gasteiger partial charge in [-0.15, -0.1) is 11.8 Å². The molecule has 1 unspecified atom stereocenters. The van der Waals surface area contributed by atoms with Crippen LogP contribution >= 0.6 is 11.8 Å². The summed E-state index contributed by atoms with van der Waals surface area (Å²) in [5, 5.41) is 9.49. The Hall–Kier alpha value is -1.46. The van der Waals surface area contributed by atoms with E-state index in [9.17, 15) is 0 Å². The van der Waals surface area contributed by atoms with Crippen LogP contribution in [0.1, 0.15) is 35.2 Å². The Labute approximate surface area is 135 Å². The zero-order valence-corrected chi connectivity index (χ0v) is 13.7. The molecular formula is C17H22N2O2S.